The molecule has 0 aliphatic heterocycles. The fourth-order valence-corrected chi connectivity index (χ4v) is 3.04. The molecule has 22 heavy (non-hydrogen) atoms. The van der Waals surface area contributed by atoms with Crippen LogP contribution in [0.2, 0.25) is 0 Å². The van der Waals surface area contributed by atoms with Crippen LogP contribution >= 0.6 is 0 Å². The number of carbonyl (C=O) groups is 1. The zero-order chi connectivity index (χ0) is 16.1. The van der Waals surface area contributed by atoms with E-state index in [9.17, 15) is 4.79 Å². The van der Waals surface area contributed by atoms with Gasteiger partial charge in [-0.1, -0.05) is 26.2 Å². The molecule has 1 unspecified atom stereocenters. The van der Waals surface area contributed by atoms with Gasteiger partial charge in [0.1, 0.15) is 11.5 Å². The highest BCUT2D eigenvalue weighted by atomic mass is 16.1. The highest BCUT2D eigenvalue weighted by molar-refractivity contribution is 6.65. The number of rotatable bonds is 6. The zero-order valence-corrected chi connectivity index (χ0v) is 13.3. The smallest absolute Gasteiger partial charge is 0.271 e. The Morgan fingerprint density at radius 2 is 2.09 bits per heavy atom. The number of imidazole rings is 1. The first-order chi connectivity index (χ1) is 10.5. The highest BCUT2D eigenvalue weighted by Crippen LogP contribution is 2.33. The summed E-state index contributed by atoms with van der Waals surface area (Å²) in [7, 11) is 0. The third-order valence-electron chi connectivity index (χ3n) is 4.35. The van der Waals surface area contributed by atoms with Gasteiger partial charge >= 0.3 is 0 Å². The van der Waals surface area contributed by atoms with Gasteiger partial charge < -0.3 is 15.7 Å². The number of aromatic amines is 1. The lowest BCUT2D eigenvalue weighted by atomic mass is 9.82. The molecule has 0 aromatic carbocycles. The molecule has 0 radical (unpaired) electrons. The van der Waals surface area contributed by atoms with Gasteiger partial charge in [0.15, 0.2) is 0 Å². The maximum Gasteiger partial charge on any atom is 0.271 e. The van der Waals surface area contributed by atoms with Crippen molar-refractivity contribution in [3.05, 3.63) is 17.7 Å². The van der Waals surface area contributed by atoms with E-state index in [1.54, 1.807) is 13.1 Å². The molecule has 1 saturated carbocycles. The number of aromatic nitrogens is 2. The number of carbonyl (C=O) groups excluding carboxylic acids is 1. The number of hydrogen-bond donors (Lipinski definition) is 4. The molecular formula is C16H25N5O. The average molecular weight is 303 g/mol. The number of aryl methyl sites for hydroxylation is 1. The fraction of sp³-hybridized carbons (Fsp3) is 0.625. The largest absolute Gasteiger partial charge is 0.344 e. The summed E-state index contributed by atoms with van der Waals surface area (Å²) in [6, 6.07) is -0.154. The normalized spacial score (nSPS) is 17.0. The summed E-state index contributed by atoms with van der Waals surface area (Å²) in [6.45, 7) is 3.67. The van der Waals surface area contributed by atoms with Crippen molar-refractivity contribution < 1.29 is 4.79 Å². The van der Waals surface area contributed by atoms with Crippen molar-refractivity contribution in [3.63, 3.8) is 0 Å². The van der Waals surface area contributed by atoms with Crippen molar-refractivity contribution in [2.75, 3.05) is 0 Å². The second-order valence-corrected chi connectivity index (χ2v) is 5.98. The number of nitrogens with one attached hydrogen (secondary N) is 4. The van der Waals surface area contributed by atoms with Crippen molar-refractivity contribution in [2.45, 2.75) is 58.4 Å². The van der Waals surface area contributed by atoms with E-state index < -0.39 is 5.91 Å². The Hall–Kier alpha value is -1.98. The first-order valence-electron chi connectivity index (χ1n) is 8.01. The molecule has 6 nitrogen and oxygen atoms in total. The van der Waals surface area contributed by atoms with Crippen LogP contribution in [0.3, 0.4) is 0 Å². The third-order valence-corrected chi connectivity index (χ3v) is 4.35. The molecule has 2 rings (SSSR count). The Morgan fingerprint density at radius 1 is 1.41 bits per heavy atom. The molecule has 6 heteroatoms. The van der Waals surface area contributed by atoms with Gasteiger partial charge in [-0.05, 0) is 32.1 Å². The molecular weight excluding hydrogens is 278 g/mol. The van der Waals surface area contributed by atoms with E-state index in [1.807, 2.05) is 6.92 Å². The lowest BCUT2D eigenvalue weighted by Crippen LogP contribution is -2.40. The average Bonchev–Trinajstić information content (AvgIpc) is 2.97. The van der Waals surface area contributed by atoms with E-state index in [0.29, 0.717) is 12.3 Å². The molecule has 1 fully saturated rings. The number of H-pyrrole nitrogens is 1. The van der Waals surface area contributed by atoms with Gasteiger partial charge in [0.2, 0.25) is 0 Å². The Morgan fingerprint density at radius 3 is 2.64 bits per heavy atom. The van der Waals surface area contributed by atoms with E-state index in [4.69, 9.17) is 10.8 Å². The minimum Gasteiger partial charge on any atom is -0.344 e. The van der Waals surface area contributed by atoms with Crippen molar-refractivity contribution in [2.24, 2.45) is 5.92 Å². The van der Waals surface area contributed by atoms with Crippen molar-refractivity contribution in [1.29, 1.82) is 10.8 Å². The molecule has 0 spiro atoms. The summed E-state index contributed by atoms with van der Waals surface area (Å²) in [5.74, 6) is 0.720. The lowest BCUT2D eigenvalue weighted by molar-refractivity contribution is -0.115. The molecule has 4 N–H and O–H groups in total. The van der Waals surface area contributed by atoms with E-state index in [2.05, 4.69) is 15.3 Å². The molecule has 1 aromatic heterocycles. The number of nitrogens with zero attached hydrogens (tertiary/aromatic N) is 1. The van der Waals surface area contributed by atoms with E-state index in [-0.39, 0.29) is 17.5 Å². The number of hydrogen-bond acceptors (Lipinski definition) is 4. The van der Waals surface area contributed by atoms with Crippen molar-refractivity contribution >= 4 is 17.3 Å². The Balaban J connectivity index is 2.15. The minimum atomic E-state index is -0.463. The molecule has 1 atom stereocenters. The molecule has 1 heterocycles. The first-order valence-corrected chi connectivity index (χ1v) is 8.01. The van der Waals surface area contributed by atoms with Crippen molar-refractivity contribution in [1.82, 2.24) is 15.3 Å². The molecule has 1 aliphatic rings. The summed E-state index contributed by atoms with van der Waals surface area (Å²) >= 11 is 0. The highest BCUT2D eigenvalue weighted by Gasteiger charge is 2.29. The second-order valence-electron chi connectivity index (χ2n) is 5.98. The number of amides is 1. The quantitative estimate of drug-likeness (QED) is 0.607. The Bertz CT molecular complexity index is 557. The zero-order valence-electron chi connectivity index (χ0n) is 13.3. The SMILES string of the molecule is CCC(=N)C(=N)C(=O)NC(c1cnc(C)[nH]1)C1CCCCC1. The first kappa shape index (κ1) is 16.4. The van der Waals surface area contributed by atoms with Crippen LogP contribution in [0, 0.1) is 23.7 Å². The fourth-order valence-electron chi connectivity index (χ4n) is 3.04. The molecule has 120 valence electrons. The molecule has 0 bridgehead atoms. The lowest BCUT2D eigenvalue weighted by Gasteiger charge is -2.30. The minimum absolute atomic E-state index is 0.0701. The van der Waals surface area contributed by atoms with Gasteiger partial charge in [-0.3, -0.25) is 10.2 Å². The van der Waals surface area contributed by atoms with Crippen LogP contribution in [-0.2, 0) is 4.79 Å². The van der Waals surface area contributed by atoms with Gasteiger partial charge in [-0.25, -0.2) is 4.98 Å². The van der Waals surface area contributed by atoms with Crippen LogP contribution in [0.25, 0.3) is 0 Å². The topological polar surface area (TPSA) is 105 Å². The van der Waals surface area contributed by atoms with Gasteiger partial charge in [-0.15, -0.1) is 0 Å². The van der Waals surface area contributed by atoms with Crippen LogP contribution in [-0.4, -0.2) is 27.3 Å². The standard InChI is InChI=1S/C16H25N5O/c1-3-12(17)14(18)16(22)21-15(11-7-5-4-6-8-11)13-9-19-10(2)20-13/h9,11,15,17-18H,3-8H2,1-2H3,(H,19,20)(H,21,22). The molecule has 1 aromatic rings. The maximum absolute atomic E-state index is 12.3. The van der Waals surface area contributed by atoms with Gasteiger partial charge in [-0.2, -0.15) is 0 Å². The van der Waals surface area contributed by atoms with Crippen LogP contribution < -0.4 is 5.32 Å². The monoisotopic (exact) mass is 303 g/mol. The van der Waals surface area contributed by atoms with E-state index in [1.165, 1.54) is 19.3 Å². The summed E-state index contributed by atoms with van der Waals surface area (Å²) in [4.78, 5) is 19.7. The van der Waals surface area contributed by atoms with Gasteiger partial charge in [0.25, 0.3) is 5.91 Å². The molecule has 1 amide bonds. The Labute approximate surface area is 131 Å². The summed E-state index contributed by atoms with van der Waals surface area (Å²) in [5.41, 5.74) is 0.730. The van der Waals surface area contributed by atoms with E-state index >= 15 is 0 Å². The van der Waals surface area contributed by atoms with Crippen LogP contribution in [0.15, 0.2) is 6.20 Å². The van der Waals surface area contributed by atoms with Crippen LogP contribution in [0.5, 0.6) is 0 Å². The molecule has 0 saturated heterocycles. The maximum atomic E-state index is 12.3. The second kappa shape index (κ2) is 7.33. The summed E-state index contributed by atoms with van der Waals surface area (Å²) in [5, 5.41) is 18.4. The third kappa shape index (κ3) is 3.81. The van der Waals surface area contributed by atoms with Crippen LogP contribution in [0.1, 0.15) is 63.0 Å². The summed E-state index contributed by atoms with van der Waals surface area (Å²) < 4.78 is 0. The van der Waals surface area contributed by atoms with Gasteiger partial charge in [0, 0.05) is 0 Å². The summed E-state index contributed by atoms with van der Waals surface area (Å²) in [6.07, 6.45) is 7.89. The van der Waals surface area contributed by atoms with Crippen molar-refractivity contribution in [3.8, 4) is 0 Å². The predicted molar refractivity (Wildman–Crippen MR) is 86.5 cm³/mol. The van der Waals surface area contributed by atoms with Gasteiger partial charge in [0.05, 0.1) is 23.6 Å². The molecule has 1 aliphatic carbocycles. The Kier molecular flexibility index (Phi) is 5.46. The van der Waals surface area contributed by atoms with E-state index in [0.717, 1.165) is 24.4 Å². The van der Waals surface area contributed by atoms with Crippen LogP contribution in [0.4, 0.5) is 0 Å². The predicted octanol–water partition coefficient (Wildman–Crippen LogP) is 2.91.